The molecule has 0 aliphatic heterocycles. The average molecular weight is 304 g/mol. The van der Waals surface area contributed by atoms with Crippen molar-refractivity contribution in [1.29, 1.82) is 0 Å². The van der Waals surface area contributed by atoms with Crippen LogP contribution >= 0.6 is 0 Å². The fraction of sp³-hybridized carbons (Fsp3) is 0.632. The molecule has 0 amide bonds. The summed E-state index contributed by atoms with van der Waals surface area (Å²) in [6.07, 6.45) is 6.63. The van der Waals surface area contributed by atoms with Crippen molar-refractivity contribution >= 4 is 5.97 Å². The molecule has 1 aliphatic carbocycles. The molecule has 0 heterocycles. The van der Waals surface area contributed by atoms with Crippen LogP contribution in [-0.2, 0) is 16.6 Å². The second kappa shape index (κ2) is 6.72. The van der Waals surface area contributed by atoms with Crippen LogP contribution in [0, 0.1) is 0 Å². The van der Waals surface area contributed by atoms with E-state index >= 15 is 0 Å². The number of carbonyl (C=O) groups is 1. The van der Waals surface area contributed by atoms with Crippen LogP contribution in [0.25, 0.3) is 0 Å². The molecular formula is C19H28O3. The summed E-state index contributed by atoms with van der Waals surface area (Å²) in [5, 5.41) is 19.7. The summed E-state index contributed by atoms with van der Waals surface area (Å²) in [6, 6.07) is 4.04. The van der Waals surface area contributed by atoms with Gasteiger partial charge in [0.05, 0.1) is 0 Å². The zero-order valence-electron chi connectivity index (χ0n) is 14.0. The number of carboxylic acid groups (broad SMARTS) is 1. The normalized spacial score (nSPS) is 16.7. The van der Waals surface area contributed by atoms with Crippen molar-refractivity contribution in [3.63, 3.8) is 0 Å². The van der Waals surface area contributed by atoms with Crippen molar-refractivity contribution in [3.05, 3.63) is 28.8 Å². The van der Waals surface area contributed by atoms with E-state index in [-0.39, 0.29) is 11.8 Å². The third-order valence-electron chi connectivity index (χ3n) is 4.68. The van der Waals surface area contributed by atoms with Crippen LogP contribution in [0.3, 0.4) is 0 Å². The Morgan fingerprint density at radius 1 is 1.18 bits per heavy atom. The number of hydrogen-bond donors (Lipinski definition) is 2. The van der Waals surface area contributed by atoms with Crippen LogP contribution in [-0.4, -0.2) is 16.2 Å². The van der Waals surface area contributed by atoms with Gasteiger partial charge in [-0.05, 0) is 47.3 Å². The second-order valence-corrected chi connectivity index (χ2v) is 7.56. The van der Waals surface area contributed by atoms with Crippen molar-refractivity contribution in [2.45, 2.75) is 77.0 Å². The lowest BCUT2D eigenvalue weighted by Gasteiger charge is -2.28. The molecule has 3 heteroatoms. The predicted molar refractivity (Wildman–Crippen MR) is 88.6 cm³/mol. The molecule has 1 aliphatic rings. The van der Waals surface area contributed by atoms with Crippen LogP contribution in [0.5, 0.6) is 5.75 Å². The third kappa shape index (κ3) is 4.02. The van der Waals surface area contributed by atoms with Gasteiger partial charge in [-0.2, -0.15) is 0 Å². The Balaban J connectivity index is 2.41. The van der Waals surface area contributed by atoms with Crippen LogP contribution in [0.1, 0.15) is 81.9 Å². The molecule has 0 aromatic heterocycles. The number of carboxylic acids is 1. The van der Waals surface area contributed by atoms with Gasteiger partial charge in [-0.3, -0.25) is 4.79 Å². The summed E-state index contributed by atoms with van der Waals surface area (Å²) in [5.74, 6) is 0.0719. The molecule has 2 N–H and O–H groups in total. The summed E-state index contributed by atoms with van der Waals surface area (Å²) >= 11 is 0. The third-order valence-corrected chi connectivity index (χ3v) is 4.68. The molecule has 0 radical (unpaired) electrons. The maximum absolute atomic E-state index is 10.9. The maximum Gasteiger partial charge on any atom is 0.303 e. The minimum atomic E-state index is -0.774. The van der Waals surface area contributed by atoms with Crippen LogP contribution in [0.2, 0.25) is 0 Å². The van der Waals surface area contributed by atoms with E-state index in [0.29, 0.717) is 18.1 Å². The van der Waals surface area contributed by atoms with E-state index in [9.17, 15) is 9.90 Å². The highest BCUT2D eigenvalue weighted by Crippen LogP contribution is 2.42. The molecule has 0 spiro atoms. The van der Waals surface area contributed by atoms with E-state index in [1.807, 2.05) is 12.1 Å². The van der Waals surface area contributed by atoms with E-state index in [4.69, 9.17) is 5.11 Å². The molecule has 0 saturated heterocycles. The first-order valence-corrected chi connectivity index (χ1v) is 8.37. The number of aliphatic carboxylic acids is 1. The summed E-state index contributed by atoms with van der Waals surface area (Å²) in [4.78, 5) is 10.9. The highest BCUT2D eigenvalue weighted by Gasteiger charge is 2.25. The van der Waals surface area contributed by atoms with E-state index in [0.717, 1.165) is 29.5 Å². The first-order chi connectivity index (χ1) is 10.3. The monoisotopic (exact) mass is 304 g/mol. The number of rotatable bonds is 4. The summed E-state index contributed by atoms with van der Waals surface area (Å²) < 4.78 is 0. The molecule has 0 atom stereocenters. The number of benzene rings is 1. The smallest absolute Gasteiger partial charge is 0.303 e. The van der Waals surface area contributed by atoms with Crippen LogP contribution in [0.4, 0.5) is 0 Å². The van der Waals surface area contributed by atoms with E-state index in [2.05, 4.69) is 20.8 Å². The van der Waals surface area contributed by atoms with Crippen LogP contribution in [0.15, 0.2) is 12.1 Å². The highest BCUT2D eigenvalue weighted by molar-refractivity contribution is 5.67. The van der Waals surface area contributed by atoms with Gasteiger partial charge in [-0.25, -0.2) is 0 Å². The van der Waals surface area contributed by atoms with Gasteiger partial charge in [0.15, 0.2) is 0 Å². The molecule has 1 aromatic carbocycles. The van der Waals surface area contributed by atoms with Gasteiger partial charge in [0.2, 0.25) is 0 Å². The Labute approximate surface area is 133 Å². The molecule has 2 rings (SSSR count). The van der Waals surface area contributed by atoms with Crippen molar-refractivity contribution in [2.75, 3.05) is 0 Å². The largest absolute Gasteiger partial charge is 0.507 e. The zero-order chi connectivity index (χ0) is 16.3. The molecule has 0 bridgehead atoms. The molecule has 122 valence electrons. The van der Waals surface area contributed by atoms with E-state index in [1.54, 1.807) is 0 Å². The second-order valence-electron chi connectivity index (χ2n) is 7.56. The standard InChI is InChI=1S/C19H28O3/c1-19(2,3)16-12-13(9-10-17(20)21)11-15(18(16)22)14-7-5-4-6-8-14/h11-12,14,22H,4-10H2,1-3H3,(H,20,21). The Morgan fingerprint density at radius 2 is 1.82 bits per heavy atom. The number of aromatic hydroxyl groups is 1. The Hall–Kier alpha value is -1.51. The SMILES string of the molecule is CC(C)(C)c1cc(CCC(=O)O)cc(C2CCCCC2)c1O. The zero-order valence-corrected chi connectivity index (χ0v) is 14.0. The Bertz CT molecular complexity index is 534. The lowest BCUT2D eigenvalue weighted by molar-refractivity contribution is -0.136. The molecule has 0 unspecified atom stereocenters. The number of aryl methyl sites for hydroxylation is 1. The molecule has 3 nitrogen and oxygen atoms in total. The number of phenolic OH excluding ortho intramolecular Hbond substituents is 1. The van der Waals surface area contributed by atoms with Crippen molar-refractivity contribution in [2.24, 2.45) is 0 Å². The van der Waals surface area contributed by atoms with Gasteiger partial charge in [-0.15, -0.1) is 0 Å². The van der Waals surface area contributed by atoms with Gasteiger partial charge in [0, 0.05) is 6.42 Å². The van der Waals surface area contributed by atoms with E-state index < -0.39 is 5.97 Å². The fourth-order valence-electron chi connectivity index (χ4n) is 3.41. The fourth-order valence-corrected chi connectivity index (χ4v) is 3.41. The van der Waals surface area contributed by atoms with Crippen LogP contribution < -0.4 is 0 Å². The van der Waals surface area contributed by atoms with E-state index in [1.165, 1.54) is 19.3 Å². The minimum Gasteiger partial charge on any atom is -0.507 e. The minimum absolute atomic E-state index is 0.137. The number of hydrogen-bond acceptors (Lipinski definition) is 2. The summed E-state index contributed by atoms with van der Waals surface area (Å²) in [7, 11) is 0. The van der Waals surface area contributed by atoms with Gasteiger partial charge in [0.25, 0.3) is 0 Å². The quantitative estimate of drug-likeness (QED) is 0.843. The van der Waals surface area contributed by atoms with Gasteiger partial charge < -0.3 is 10.2 Å². The first-order valence-electron chi connectivity index (χ1n) is 8.37. The molecule has 22 heavy (non-hydrogen) atoms. The van der Waals surface area contributed by atoms with Gasteiger partial charge >= 0.3 is 5.97 Å². The molecule has 1 fully saturated rings. The maximum atomic E-state index is 10.9. The molecular weight excluding hydrogens is 276 g/mol. The molecule has 1 saturated carbocycles. The predicted octanol–water partition coefficient (Wildman–Crippen LogP) is 4.75. The van der Waals surface area contributed by atoms with Crippen molar-refractivity contribution < 1.29 is 15.0 Å². The first kappa shape index (κ1) is 16.9. The summed E-state index contributed by atoms with van der Waals surface area (Å²) in [6.45, 7) is 6.27. The molecule has 1 aromatic rings. The highest BCUT2D eigenvalue weighted by atomic mass is 16.4. The lowest BCUT2D eigenvalue weighted by Crippen LogP contribution is -2.15. The lowest BCUT2D eigenvalue weighted by atomic mass is 9.78. The number of phenols is 1. The summed E-state index contributed by atoms with van der Waals surface area (Å²) in [5.41, 5.74) is 2.86. The van der Waals surface area contributed by atoms with Crippen molar-refractivity contribution in [1.82, 2.24) is 0 Å². The van der Waals surface area contributed by atoms with Gasteiger partial charge in [0.1, 0.15) is 5.75 Å². The average Bonchev–Trinajstić information content (AvgIpc) is 2.45. The Kier molecular flexibility index (Phi) is 5.15. The topological polar surface area (TPSA) is 57.5 Å². The van der Waals surface area contributed by atoms with Crippen molar-refractivity contribution in [3.8, 4) is 5.75 Å². The van der Waals surface area contributed by atoms with Gasteiger partial charge in [-0.1, -0.05) is 52.2 Å². The Morgan fingerprint density at radius 3 is 2.36 bits per heavy atom.